The fourth-order valence-electron chi connectivity index (χ4n) is 12.7. The summed E-state index contributed by atoms with van der Waals surface area (Å²) in [5.41, 5.74) is -0.504. The monoisotopic (exact) mass is 655 g/mol. The molecule has 0 radical (unpaired) electrons. The normalized spacial score (nSPS) is 40.7. The molecule has 1 aromatic carbocycles. The highest BCUT2D eigenvalue weighted by Gasteiger charge is 2.84. The van der Waals surface area contributed by atoms with Crippen LogP contribution >= 0.6 is 0 Å². The number of rotatable bonds is 10. The molecule has 4 unspecified atom stereocenters. The van der Waals surface area contributed by atoms with Crippen LogP contribution in [0, 0.1) is 61.4 Å². The van der Waals surface area contributed by atoms with Crippen LogP contribution < -0.4 is 4.74 Å². The Balaban J connectivity index is 1.13. The van der Waals surface area contributed by atoms with E-state index in [0.29, 0.717) is 30.3 Å². The second-order valence-electron chi connectivity index (χ2n) is 17.2. The van der Waals surface area contributed by atoms with E-state index in [0.717, 1.165) is 57.8 Å². The van der Waals surface area contributed by atoms with Crippen molar-refractivity contribution in [2.45, 2.75) is 137 Å². The molecule has 2 spiro atoms. The minimum Gasteiger partial charge on any atom is -0.430 e. The summed E-state index contributed by atoms with van der Waals surface area (Å²) >= 11 is 0. The van der Waals surface area contributed by atoms with Crippen molar-refractivity contribution in [3.8, 4) is 5.75 Å². The molecule has 5 aliphatic carbocycles. The number of fused-ring (bicyclic) bond motifs is 2. The molecule has 0 heterocycles. The number of aliphatic hydroxyl groups excluding tert-OH is 1. The molecule has 0 aromatic heterocycles. The lowest BCUT2D eigenvalue weighted by Gasteiger charge is -2.59. The van der Waals surface area contributed by atoms with Gasteiger partial charge in [0.1, 0.15) is 11.9 Å². The quantitative estimate of drug-likeness (QED) is 0.112. The topological polar surface area (TPSA) is 128 Å². The third-order valence-corrected chi connectivity index (χ3v) is 14.8. The number of aliphatic hydroxyl groups is 2. The van der Waals surface area contributed by atoms with Crippen LogP contribution in [0.25, 0.3) is 0 Å². The van der Waals surface area contributed by atoms with Crippen LogP contribution in [0.15, 0.2) is 24.3 Å². The fraction of sp³-hybridized carbons (Fsp3) is 0.816. The van der Waals surface area contributed by atoms with E-state index in [1.807, 2.05) is 20.8 Å². The van der Waals surface area contributed by atoms with Crippen LogP contribution in [0.1, 0.15) is 113 Å². The molecule has 11 atom stereocenters. The number of carbonyl (C=O) groups excluding carboxylic acids is 1. The first-order valence-corrected chi connectivity index (χ1v) is 18.2. The van der Waals surface area contributed by atoms with Crippen molar-refractivity contribution in [2.24, 2.45) is 51.2 Å². The lowest BCUT2D eigenvalue weighted by atomic mass is 9.46. The van der Waals surface area contributed by atoms with E-state index in [9.17, 15) is 25.1 Å². The maximum absolute atomic E-state index is 12.9. The second kappa shape index (κ2) is 12.0. The van der Waals surface area contributed by atoms with Crippen molar-refractivity contribution in [3.63, 3.8) is 0 Å². The zero-order chi connectivity index (χ0) is 34.2. The summed E-state index contributed by atoms with van der Waals surface area (Å²) in [5, 5.41) is 33.2. The summed E-state index contributed by atoms with van der Waals surface area (Å²) in [5.74, 6) is 2.69. The molecule has 6 rings (SSSR count). The van der Waals surface area contributed by atoms with Gasteiger partial charge in [-0.05, 0) is 137 Å². The Kier molecular flexibility index (Phi) is 8.82. The van der Waals surface area contributed by atoms with Crippen molar-refractivity contribution < 1.29 is 34.1 Å². The second-order valence-corrected chi connectivity index (χ2v) is 17.2. The van der Waals surface area contributed by atoms with Gasteiger partial charge in [0.15, 0.2) is 0 Å². The number of nitrogens with zero attached hydrogens (tertiary/aromatic N) is 1. The maximum Gasteiger partial charge on any atom is 0.514 e. The molecule has 0 bridgehead atoms. The van der Waals surface area contributed by atoms with Crippen molar-refractivity contribution in [3.05, 3.63) is 34.4 Å². The van der Waals surface area contributed by atoms with E-state index < -0.39 is 16.7 Å². The molecule has 47 heavy (non-hydrogen) atoms. The predicted octanol–water partition coefficient (Wildman–Crippen LogP) is 8.09. The molecule has 262 valence electrons. The van der Waals surface area contributed by atoms with Gasteiger partial charge in [0.2, 0.25) is 0 Å². The lowest BCUT2D eigenvalue weighted by Crippen LogP contribution is -2.55. The highest BCUT2D eigenvalue weighted by atomic mass is 16.7. The number of ether oxygens (including phenoxy) is 3. The van der Waals surface area contributed by atoms with Crippen LogP contribution in [-0.2, 0) is 9.47 Å². The Morgan fingerprint density at radius 3 is 2.40 bits per heavy atom. The smallest absolute Gasteiger partial charge is 0.430 e. The van der Waals surface area contributed by atoms with Gasteiger partial charge in [0.05, 0.1) is 22.7 Å². The van der Waals surface area contributed by atoms with E-state index in [-0.39, 0.29) is 57.3 Å². The van der Waals surface area contributed by atoms with Crippen molar-refractivity contribution >= 4 is 11.8 Å². The van der Waals surface area contributed by atoms with Gasteiger partial charge in [-0.1, -0.05) is 34.1 Å². The number of hydrogen-bond donors (Lipinski definition) is 2. The summed E-state index contributed by atoms with van der Waals surface area (Å²) in [6, 6.07) is 5.48. The van der Waals surface area contributed by atoms with E-state index in [2.05, 4.69) is 27.7 Å². The Labute approximate surface area is 280 Å². The highest BCUT2D eigenvalue weighted by molar-refractivity contribution is 5.64. The van der Waals surface area contributed by atoms with Crippen LogP contribution in [0.3, 0.4) is 0 Å². The molecule has 2 N–H and O–H groups in total. The van der Waals surface area contributed by atoms with Crippen molar-refractivity contribution in [1.82, 2.24) is 0 Å². The summed E-state index contributed by atoms with van der Waals surface area (Å²) in [6.07, 6.45) is 8.58. The SMILES string of the molecule is CCO[C@@H](CCCC1[C@H](O)CC2[C@@H]3CCC4C(C)(C)[C@@H](OC(=O)Oc5ccc([N+](=O)[O-])cc5)CCC45[C@@H](C)[C@@]35CC[C@]12C)C(C)(C)O. The molecule has 0 aliphatic heterocycles. The molecule has 0 saturated heterocycles. The molecular weight excluding hydrogens is 598 g/mol. The molecule has 5 saturated carbocycles. The third-order valence-electron chi connectivity index (χ3n) is 14.8. The molecule has 9 nitrogen and oxygen atoms in total. The minimum atomic E-state index is -0.881. The van der Waals surface area contributed by atoms with Crippen LogP contribution in [0.2, 0.25) is 0 Å². The van der Waals surface area contributed by atoms with Crippen molar-refractivity contribution in [1.29, 1.82) is 0 Å². The first kappa shape index (κ1) is 34.6. The number of benzene rings is 1. The molecule has 5 aliphatic rings. The Morgan fingerprint density at radius 2 is 1.77 bits per heavy atom. The van der Waals surface area contributed by atoms with Crippen LogP contribution in [0.4, 0.5) is 10.5 Å². The third kappa shape index (κ3) is 5.32. The number of hydrogen-bond acceptors (Lipinski definition) is 8. The van der Waals surface area contributed by atoms with E-state index in [1.165, 1.54) is 30.7 Å². The van der Waals surface area contributed by atoms with Gasteiger partial charge in [-0.15, -0.1) is 0 Å². The molecule has 9 heteroatoms. The minimum absolute atomic E-state index is 0.0593. The maximum atomic E-state index is 12.9. The first-order chi connectivity index (χ1) is 22.0. The molecular formula is C38H57NO8. The van der Waals surface area contributed by atoms with Gasteiger partial charge in [-0.2, -0.15) is 0 Å². The Morgan fingerprint density at radius 1 is 1.06 bits per heavy atom. The number of non-ortho nitro benzene ring substituents is 1. The van der Waals surface area contributed by atoms with E-state index >= 15 is 0 Å². The fourth-order valence-corrected chi connectivity index (χ4v) is 12.7. The molecule has 5 fully saturated rings. The van der Waals surface area contributed by atoms with Crippen molar-refractivity contribution in [2.75, 3.05) is 6.61 Å². The summed E-state index contributed by atoms with van der Waals surface area (Å²) < 4.78 is 17.4. The number of nitro benzene ring substituents is 1. The Hall–Kier alpha value is -2.23. The zero-order valence-electron chi connectivity index (χ0n) is 29.5. The first-order valence-electron chi connectivity index (χ1n) is 18.2. The predicted molar refractivity (Wildman–Crippen MR) is 178 cm³/mol. The van der Waals surface area contributed by atoms with Gasteiger partial charge >= 0.3 is 6.16 Å². The number of nitro groups is 1. The van der Waals surface area contributed by atoms with Gasteiger partial charge in [-0.3, -0.25) is 10.1 Å². The molecule has 0 amide bonds. The lowest BCUT2D eigenvalue weighted by molar-refractivity contribution is -0.384. The number of carbonyl (C=O) groups is 1. The summed E-state index contributed by atoms with van der Waals surface area (Å²) in [4.78, 5) is 23.4. The highest BCUT2D eigenvalue weighted by Crippen LogP contribution is 2.89. The Bertz CT molecular complexity index is 1340. The average Bonchev–Trinajstić information content (AvgIpc) is 3.41. The molecule has 1 aromatic rings. The summed E-state index contributed by atoms with van der Waals surface area (Å²) in [6.45, 7) is 15.7. The van der Waals surface area contributed by atoms with E-state index in [1.54, 1.807) is 0 Å². The van der Waals surface area contributed by atoms with Gasteiger partial charge in [0, 0.05) is 24.2 Å². The van der Waals surface area contributed by atoms with Gasteiger partial charge < -0.3 is 24.4 Å². The standard InChI is InChI=1S/C38H57NO8/c1-8-45-32(35(5,6)42)11-9-10-27-29(40)22-28-26-16-17-30-34(3,4)31(47-33(41)46-25-14-12-24(13-15-25)39(43)44)18-19-38(30)23(2)37(26,38)21-20-36(27,28)7/h12-15,23,26-32,40,42H,8-11,16-22H2,1-7H3/t23-,26-,27?,28?,29+,30?,31-,32-,36+,37-,38?/m0/s1. The van der Waals surface area contributed by atoms with Gasteiger partial charge in [0.25, 0.3) is 5.69 Å². The zero-order valence-corrected chi connectivity index (χ0v) is 29.5. The van der Waals surface area contributed by atoms with E-state index in [4.69, 9.17) is 14.2 Å². The van der Waals surface area contributed by atoms with Gasteiger partial charge in [-0.25, -0.2) is 4.79 Å². The average molecular weight is 656 g/mol. The summed E-state index contributed by atoms with van der Waals surface area (Å²) in [7, 11) is 0. The van der Waals surface area contributed by atoms with Crippen LogP contribution in [-0.4, -0.2) is 51.8 Å². The van der Waals surface area contributed by atoms with Crippen LogP contribution in [0.5, 0.6) is 5.75 Å². The largest absolute Gasteiger partial charge is 0.514 e.